The minimum Gasteiger partial charge on any atom is -0.274 e. The lowest BCUT2D eigenvalue weighted by molar-refractivity contribution is -0.124. The molecule has 0 saturated carbocycles. The highest BCUT2D eigenvalue weighted by atomic mass is 16.2. The molecule has 2 amide bonds. The Morgan fingerprint density at radius 3 is 2.00 bits per heavy atom. The number of imide groups is 1. The van der Waals surface area contributed by atoms with Gasteiger partial charge in [0.05, 0.1) is 0 Å². The minimum atomic E-state index is -0.418. The number of carbonyl (C=O) groups excluding carboxylic acids is 2. The zero-order valence-electron chi connectivity index (χ0n) is 7.26. The van der Waals surface area contributed by atoms with E-state index in [2.05, 4.69) is 15.0 Å². The average Bonchev–Trinajstić information content (AvgIpc) is 2.04. The van der Waals surface area contributed by atoms with Crippen LogP contribution in [0.2, 0.25) is 0 Å². The Bertz CT molecular complexity index is 311. The van der Waals surface area contributed by atoms with E-state index >= 15 is 0 Å². The molecule has 1 rings (SSSR count). The van der Waals surface area contributed by atoms with Gasteiger partial charge in [0.1, 0.15) is 12.7 Å². The molecule has 1 aromatic rings. The lowest BCUT2D eigenvalue weighted by Crippen LogP contribution is -2.34. The van der Waals surface area contributed by atoms with Crippen molar-refractivity contribution in [2.45, 2.75) is 13.8 Å². The molecule has 0 aromatic carbocycles. The Morgan fingerprint density at radius 1 is 1.15 bits per heavy atom. The van der Waals surface area contributed by atoms with E-state index in [9.17, 15) is 9.59 Å². The number of nitrogens with zero attached hydrogens (tertiary/aromatic N) is 4. The number of anilines is 1. The number of rotatable bonds is 1. The largest absolute Gasteiger partial charge is 0.274 e. The maximum absolute atomic E-state index is 11.0. The summed E-state index contributed by atoms with van der Waals surface area (Å²) in [6.45, 7) is 2.54. The molecule has 0 saturated heterocycles. The first-order valence-corrected chi connectivity index (χ1v) is 3.56. The van der Waals surface area contributed by atoms with Gasteiger partial charge in [0.2, 0.25) is 17.8 Å². The van der Waals surface area contributed by atoms with Crippen LogP contribution in [0.4, 0.5) is 5.95 Å². The summed E-state index contributed by atoms with van der Waals surface area (Å²) in [7, 11) is 0. The van der Waals surface area contributed by atoms with Crippen molar-refractivity contribution in [2.75, 3.05) is 4.90 Å². The smallest absolute Gasteiger partial charge is 0.242 e. The molecule has 0 N–H and O–H groups in total. The molecule has 0 atom stereocenters. The third kappa shape index (κ3) is 2.05. The van der Waals surface area contributed by atoms with Crippen LogP contribution in [0, 0.1) is 0 Å². The monoisotopic (exact) mass is 180 g/mol. The lowest BCUT2D eigenvalue weighted by atomic mass is 10.5. The molecule has 1 heterocycles. The van der Waals surface area contributed by atoms with E-state index in [1.165, 1.54) is 26.5 Å². The first-order valence-electron chi connectivity index (χ1n) is 3.56. The van der Waals surface area contributed by atoms with Gasteiger partial charge in [-0.3, -0.25) is 9.59 Å². The highest BCUT2D eigenvalue weighted by Crippen LogP contribution is 2.04. The third-order valence-electron chi connectivity index (χ3n) is 1.31. The number of carbonyl (C=O) groups is 2. The van der Waals surface area contributed by atoms with Gasteiger partial charge in [-0.1, -0.05) is 0 Å². The Kier molecular flexibility index (Phi) is 2.63. The highest BCUT2D eigenvalue weighted by Gasteiger charge is 2.18. The van der Waals surface area contributed by atoms with Crippen LogP contribution in [0.1, 0.15) is 13.8 Å². The molecule has 0 spiro atoms. The van der Waals surface area contributed by atoms with Gasteiger partial charge in [-0.2, -0.15) is 0 Å². The van der Waals surface area contributed by atoms with Crippen molar-refractivity contribution in [3.05, 3.63) is 12.7 Å². The molecule has 13 heavy (non-hydrogen) atoms. The van der Waals surface area contributed by atoms with Gasteiger partial charge in [0.15, 0.2) is 0 Å². The van der Waals surface area contributed by atoms with Gasteiger partial charge in [-0.25, -0.2) is 19.9 Å². The third-order valence-corrected chi connectivity index (χ3v) is 1.31. The summed E-state index contributed by atoms with van der Waals surface area (Å²) in [6, 6.07) is 0. The Labute approximate surface area is 74.6 Å². The van der Waals surface area contributed by atoms with Crippen molar-refractivity contribution >= 4 is 17.8 Å². The van der Waals surface area contributed by atoms with Crippen molar-refractivity contribution < 1.29 is 9.59 Å². The van der Waals surface area contributed by atoms with Gasteiger partial charge >= 0.3 is 0 Å². The molecular weight excluding hydrogens is 172 g/mol. The van der Waals surface area contributed by atoms with Crippen molar-refractivity contribution in [1.82, 2.24) is 15.0 Å². The molecule has 0 fully saturated rings. The zero-order valence-corrected chi connectivity index (χ0v) is 7.26. The van der Waals surface area contributed by atoms with Crippen LogP contribution in [0.5, 0.6) is 0 Å². The van der Waals surface area contributed by atoms with Gasteiger partial charge in [0.25, 0.3) is 0 Å². The van der Waals surface area contributed by atoms with E-state index in [-0.39, 0.29) is 5.95 Å². The number of hydrogen-bond donors (Lipinski definition) is 0. The van der Waals surface area contributed by atoms with Crippen molar-refractivity contribution in [3.63, 3.8) is 0 Å². The highest BCUT2D eigenvalue weighted by molar-refractivity contribution is 6.11. The molecule has 6 nitrogen and oxygen atoms in total. The second-order valence-electron chi connectivity index (χ2n) is 2.31. The molecule has 0 unspecified atom stereocenters. The molecule has 0 aliphatic rings. The average molecular weight is 180 g/mol. The van der Waals surface area contributed by atoms with E-state index < -0.39 is 11.8 Å². The van der Waals surface area contributed by atoms with Gasteiger partial charge in [0, 0.05) is 13.8 Å². The first-order chi connectivity index (χ1) is 6.13. The Hall–Kier alpha value is -1.85. The number of hydrogen-bond acceptors (Lipinski definition) is 5. The maximum Gasteiger partial charge on any atom is 0.242 e. The summed E-state index contributed by atoms with van der Waals surface area (Å²) in [6.07, 6.45) is 2.45. The van der Waals surface area contributed by atoms with Crippen molar-refractivity contribution in [1.29, 1.82) is 0 Å². The fraction of sp³-hybridized carbons (Fsp3) is 0.286. The van der Waals surface area contributed by atoms with E-state index in [0.717, 1.165) is 4.90 Å². The van der Waals surface area contributed by atoms with E-state index in [4.69, 9.17) is 0 Å². The summed E-state index contributed by atoms with van der Waals surface area (Å²) in [5, 5.41) is 0. The van der Waals surface area contributed by atoms with Gasteiger partial charge in [-0.05, 0) is 0 Å². The second kappa shape index (κ2) is 3.70. The van der Waals surface area contributed by atoms with Crippen molar-refractivity contribution in [3.8, 4) is 0 Å². The van der Waals surface area contributed by atoms with E-state index in [0.29, 0.717) is 0 Å². The summed E-state index contributed by atoms with van der Waals surface area (Å²) in [5.74, 6) is -0.785. The Balaban J connectivity index is 3.03. The number of amides is 2. The van der Waals surface area contributed by atoms with Crippen LogP contribution < -0.4 is 4.90 Å². The zero-order chi connectivity index (χ0) is 9.84. The summed E-state index contributed by atoms with van der Waals surface area (Å²) in [5.41, 5.74) is 0. The van der Waals surface area contributed by atoms with Crippen molar-refractivity contribution in [2.24, 2.45) is 0 Å². The standard InChI is InChI=1S/C7H8N4O2/c1-5(12)11(6(2)13)7-9-3-8-4-10-7/h3-4H,1-2H3. The quantitative estimate of drug-likeness (QED) is 0.596. The normalized spacial score (nSPS) is 9.38. The van der Waals surface area contributed by atoms with E-state index in [1.807, 2.05) is 0 Å². The molecule has 68 valence electrons. The second-order valence-corrected chi connectivity index (χ2v) is 2.31. The van der Waals surface area contributed by atoms with Crippen LogP contribution in [-0.4, -0.2) is 26.8 Å². The maximum atomic E-state index is 11.0. The van der Waals surface area contributed by atoms with Gasteiger partial charge in [-0.15, -0.1) is 0 Å². The number of aromatic nitrogens is 3. The topological polar surface area (TPSA) is 76.1 Å². The summed E-state index contributed by atoms with van der Waals surface area (Å²) >= 11 is 0. The molecule has 0 radical (unpaired) electrons. The van der Waals surface area contributed by atoms with Crippen LogP contribution in [0.15, 0.2) is 12.7 Å². The lowest BCUT2D eigenvalue weighted by Gasteiger charge is -2.13. The minimum absolute atomic E-state index is 0.0509. The van der Waals surface area contributed by atoms with Crippen LogP contribution in [0.25, 0.3) is 0 Å². The summed E-state index contributed by atoms with van der Waals surface area (Å²) < 4.78 is 0. The molecule has 0 aliphatic carbocycles. The van der Waals surface area contributed by atoms with Crippen LogP contribution in [0.3, 0.4) is 0 Å². The molecule has 6 heteroatoms. The first kappa shape index (κ1) is 9.24. The Morgan fingerprint density at radius 2 is 1.62 bits per heavy atom. The molecule has 0 bridgehead atoms. The fourth-order valence-corrected chi connectivity index (χ4v) is 0.852. The fourth-order valence-electron chi connectivity index (χ4n) is 0.852. The van der Waals surface area contributed by atoms with E-state index in [1.54, 1.807) is 0 Å². The molecule has 1 aromatic heterocycles. The SMILES string of the molecule is CC(=O)N(C(C)=O)c1ncncn1. The predicted molar refractivity (Wildman–Crippen MR) is 43.7 cm³/mol. The van der Waals surface area contributed by atoms with Gasteiger partial charge < -0.3 is 0 Å². The molecule has 0 aliphatic heterocycles. The summed E-state index contributed by atoms with van der Waals surface area (Å²) in [4.78, 5) is 33.8. The van der Waals surface area contributed by atoms with Crippen LogP contribution >= 0.6 is 0 Å². The predicted octanol–water partition coefficient (Wildman–Crippen LogP) is -0.229. The van der Waals surface area contributed by atoms with Crippen LogP contribution in [-0.2, 0) is 9.59 Å². The molecular formula is C7H8N4O2.